The first-order chi connectivity index (χ1) is 34.4. The van der Waals surface area contributed by atoms with E-state index in [1.54, 1.807) is 0 Å². The average Bonchev–Trinajstić information content (AvgIpc) is 4.24. The summed E-state index contributed by atoms with van der Waals surface area (Å²) < 4.78 is 0. The molecule has 0 nitrogen and oxygen atoms in total. The summed E-state index contributed by atoms with van der Waals surface area (Å²) in [5.41, 5.74) is 12.0. The molecule has 7 rings (SSSR count). The zero-order valence-electron chi connectivity index (χ0n) is 43.7. The molecule has 0 fully saturated rings. The number of unbranched alkanes of at least 4 members (excludes halogenated alkanes) is 8. The quantitative estimate of drug-likeness (QED) is 0.0530. The highest BCUT2D eigenvalue weighted by Crippen LogP contribution is 2.49. The predicted octanol–water partition coefficient (Wildman–Crippen LogP) is 20.6. The molecule has 0 amide bonds. The second kappa shape index (κ2) is 28.0. The van der Waals surface area contributed by atoms with Crippen molar-refractivity contribution in [2.24, 2.45) is 0 Å². The topological polar surface area (TPSA) is 0 Å². The third-order valence-corrected chi connectivity index (χ3v) is 21.3. The smallest absolute Gasteiger partial charge is 0.0820 e. The SMILES string of the molecule is CCCCc1c2sc(c1CCCC)-c1ccc(s1)-c1sc(c(CCCC)c1CCCC)C#CC#Cc1sc(c(CCCC)c1CCCC)-c1ccc(s1)-c1sc(c(CCCC)c1CCCC)C#CC#C2. The van der Waals surface area contributed by atoms with Gasteiger partial charge in [-0.15, -0.1) is 68.0 Å². The lowest BCUT2D eigenvalue weighted by atomic mass is 9.97. The second-order valence-electron chi connectivity index (χ2n) is 19.0. The lowest BCUT2D eigenvalue weighted by Crippen LogP contribution is -1.95. The maximum absolute atomic E-state index is 3.71. The third-order valence-electron chi connectivity index (χ3n) is 13.6. The van der Waals surface area contributed by atoms with Gasteiger partial charge in [0, 0.05) is 39.0 Å². The highest BCUT2D eigenvalue weighted by molar-refractivity contribution is 7.27. The van der Waals surface area contributed by atoms with Gasteiger partial charge in [-0.1, -0.05) is 107 Å². The van der Waals surface area contributed by atoms with E-state index >= 15 is 0 Å². The van der Waals surface area contributed by atoms with E-state index in [4.69, 9.17) is 0 Å². The first-order valence-electron chi connectivity index (χ1n) is 27.3. The summed E-state index contributed by atoms with van der Waals surface area (Å²) in [4.78, 5) is 16.1. The Kier molecular flexibility index (Phi) is 21.7. The Morgan fingerprint density at radius 2 is 0.443 bits per heavy atom. The van der Waals surface area contributed by atoms with Crippen LogP contribution in [0.15, 0.2) is 24.3 Å². The first kappa shape index (κ1) is 54.2. The van der Waals surface area contributed by atoms with Gasteiger partial charge in [0.25, 0.3) is 0 Å². The van der Waals surface area contributed by atoms with Gasteiger partial charge in [0.15, 0.2) is 0 Å². The first-order valence-corrected chi connectivity index (χ1v) is 32.2. The fraction of sp³-hybridized carbons (Fsp3) is 0.500. The Balaban J connectivity index is 1.49. The Hall–Kier alpha value is -3.56. The van der Waals surface area contributed by atoms with E-state index in [2.05, 4.69) is 127 Å². The molecule has 0 saturated carbocycles. The van der Waals surface area contributed by atoms with Gasteiger partial charge in [0.2, 0.25) is 0 Å². The van der Waals surface area contributed by atoms with E-state index in [0.29, 0.717) is 0 Å². The van der Waals surface area contributed by atoms with Crippen LogP contribution >= 0.6 is 68.0 Å². The lowest BCUT2D eigenvalue weighted by Gasteiger charge is -2.07. The third kappa shape index (κ3) is 13.1. The van der Waals surface area contributed by atoms with Crippen LogP contribution in [-0.4, -0.2) is 0 Å². The van der Waals surface area contributed by atoms with Gasteiger partial charge in [-0.3, -0.25) is 0 Å². The zero-order chi connectivity index (χ0) is 49.2. The summed E-state index contributed by atoms with van der Waals surface area (Å²) in [5, 5.41) is 0. The van der Waals surface area contributed by atoms with Crippen LogP contribution in [0, 0.1) is 47.4 Å². The van der Waals surface area contributed by atoms with E-state index in [9.17, 15) is 0 Å². The number of rotatable bonds is 24. The Morgan fingerprint density at radius 3 is 0.629 bits per heavy atom. The summed E-state index contributed by atoms with van der Waals surface area (Å²) in [5.74, 6) is 28.7. The number of hydrogen-bond donors (Lipinski definition) is 0. The van der Waals surface area contributed by atoms with Crippen LogP contribution in [0.1, 0.15) is 222 Å². The van der Waals surface area contributed by atoms with Crippen molar-refractivity contribution in [2.75, 3.05) is 0 Å². The summed E-state index contributed by atoms with van der Waals surface area (Å²) in [7, 11) is 0. The molecule has 12 bridgehead atoms. The Labute approximate surface area is 448 Å². The van der Waals surface area contributed by atoms with Crippen LogP contribution in [0.4, 0.5) is 0 Å². The lowest BCUT2D eigenvalue weighted by molar-refractivity contribution is 0.762. The predicted molar refractivity (Wildman–Crippen MR) is 318 cm³/mol. The van der Waals surface area contributed by atoms with E-state index in [0.717, 1.165) is 51.4 Å². The minimum atomic E-state index is 1.07. The van der Waals surface area contributed by atoms with Gasteiger partial charge in [-0.2, -0.15) is 0 Å². The van der Waals surface area contributed by atoms with Crippen LogP contribution in [0.2, 0.25) is 0 Å². The standard InChI is InChI=1S/C64H76S6/c1-9-17-29-45-49(33-21-13-5)61-57-41-42-58(65-57)62-50(34-22-14-6)47(31-19-11-3)55(69-62)39-27-28-40-56-48(32-20-12-4)52(36-24-16-8)64(70-56)60-44-43-59(66-60)63-51(35-23-15-7)46(30-18-10-2)54(68-63)38-26-25-37-53(45)67-61/h41-44H,9-24,29-36H2,1-8H3. The Morgan fingerprint density at radius 1 is 0.257 bits per heavy atom. The van der Waals surface area contributed by atoms with Crippen molar-refractivity contribution in [3.63, 3.8) is 0 Å². The molecule has 1 aliphatic rings. The van der Waals surface area contributed by atoms with E-state index in [1.807, 2.05) is 68.0 Å². The molecule has 6 heteroatoms. The molecule has 6 aromatic rings. The molecular formula is C64H76S6. The van der Waals surface area contributed by atoms with Crippen LogP contribution in [0.3, 0.4) is 0 Å². The minimum Gasteiger partial charge on any atom is -0.133 e. The fourth-order valence-corrected chi connectivity index (χ4v) is 17.2. The molecule has 0 spiro atoms. The largest absolute Gasteiger partial charge is 0.133 e. The molecule has 0 atom stereocenters. The number of thiophene rings is 6. The van der Waals surface area contributed by atoms with Gasteiger partial charge < -0.3 is 0 Å². The molecule has 0 N–H and O–H groups in total. The highest BCUT2D eigenvalue weighted by Gasteiger charge is 2.25. The molecule has 7 heterocycles. The van der Waals surface area contributed by atoms with Crippen LogP contribution in [0.5, 0.6) is 0 Å². The summed E-state index contributed by atoms with van der Waals surface area (Å²) in [6.45, 7) is 18.6. The maximum atomic E-state index is 3.71. The maximum Gasteiger partial charge on any atom is 0.0820 e. The average molecular weight is 1040 g/mol. The van der Waals surface area contributed by atoms with E-state index < -0.39 is 0 Å². The second-order valence-corrected chi connectivity index (χ2v) is 25.3. The fourth-order valence-electron chi connectivity index (χ4n) is 9.66. The van der Waals surface area contributed by atoms with Crippen LogP contribution in [0.25, 0.3) is 39.0 Å². The number of hydrogen-bond acceptors (Lipinski definition) is 6. The highest BCUT2D eigenvalue weighted by atomic mass is 32.1. The summed E-state index contributed by atoms with van der Waals surface area (Å²) >= 11 is 11.7. The van der Waals surface area contributed by atoms with Crippen molar-refractivity contribution >= 4 is 68.0 Å². The van der Waals surface area contributed by atoms with Gasteiger partial charge in [0.1, 0.15) is 0 Å². The molecule has 0 aliphatic carbocycles. The summed E-state index contributed by atoms with van der Waals surface area (Å²) in [6, 6.07) is 9.66. The molecule has 1 aliphatic heterocycles. The van der Waals surface area contributed by atoms with Gasteiger partial charge in [-0.25, -0.2) is 0 Å². The van der Waals surface area contributed by atoms with Crippen molar-refractivity contribution in [3.8, 4) is 86.4 Å². The Bertz CT molecular complexity index is 2520. The molecule has 0 aromatic carbocycles. The van der Waals surface area contributed by atoms with Gasteiger partial charge >= 0.3 is 0 Å². The molecule has 0 radical (unpaired) electrons. The number of fused-ring (bicyclic) bond motifs is 16. The van der Waals surface area contributed by atoms with Crippen molar-refractivity contribution in [3.05, 3.63) is 88.3 Å². The van der Waals surface area contributed by atoms with E-state index in [1.165, 1.54) is 206 Å². The van der Waals surface area contributed by atoms with Crippen molar-refractivity contribution < 1.29 is 0 Å². The van der Waals surface area contributed by atoms with Crippen molar-refractivity contribution in [2.45, 2.75) is 209 Å². The molecule has 6 aromatic heterocycles. The van der Waals surface area contributed by atoms with Crippen molar-refractivity contribution in [1.29, 1.82) is 0 Å². The summed E-state index contributed by atoms with van der Waals surface area (Å²) in [6.07, 6.45) is 27.5. The van der Waals surface area contributed by atoms with E-state index in [-0.39, 0.29) is 0 Å². The molecule has 0 saturated heterocycles. The van der Waals surface area contributed by atoms with Crippen molar-refractivity contribution in [1.82, 2.24) is 0 Å². The van der Waals surface area contributed by atoms with Crippen LogP contribution < -0.4 is 0 Å². The molecule has 368 valence electrons. The zero-order valence-corrected chi connectivity index (χ0v) is 48.6. The normalized spacial score (nSPS) is 11.7. The molecule has 0 unspecified atom stereocenters. The van der Waals surface area contributed by atoms with Gasteiger partial charge in [-0.05, 0) is 219 Å². The molecular weight excluding hydrogens is 961 g/mol. The van der Waals surface area contributed by atoms with Gasteiger partial charge in [0.05, 0.1) is 19.5 Å². The minimum absolute atomic E-state index is 1.07. The molecule has 70 heavy (non-hydrogen) atoms. The monoisotopic (exact) mass is 1040 g/mol. The van der Waals surface area contributed by atoms with Crippen LogP contribution in [-0.2, 0) is 51.4 Å².